The Morgan fingerprint density at radius 2 is 2.07 bits per heavy atom. The summed E-state index contributed by atoms with van der Waals surface area (Å²) >= 11 is 0. The molecule has 2 aliphatic rings. The van der Waals surface area contributed by atoms with Gasteiger partial charge in [0.1, 0.15) is 18.2 Å². The van der Waals surface area contributed by atoms with E-state index < -0.39 is 28.0 Å². The first-order valence-corrected chi connectivity index (χ1v) is 16.6. The van der Waals surface area contributed by atoms with E-state index in [0.29, 0.717) is 45.1 Å². The molecule has 2 aromatic heterocycles. The standard InChI is InChI=1S/C28H37F3N6O3S/c1-18(38)35-9-7-25-22(14-35)28(34-37(25)20-8-10-39-16-20)32-24-6-5-19(13-23(24)29)21-15-36(33-26(21)27(30)31)17-40-11-12-41(2,3)4/h5-6,13,15,20,27H,7-12,14,16-17H2,1-4H3,(H,32,34). The van der Waals surface area contributed by atoms with Crippen molar-refractivity contribution < 1.29 is 27.4 Å². The molecule has 4 heterocycles. The third kappa shape index (κ3) is 6.73. The number of alkyl halides is 2. The number of nitrogens with one attached hydrogen (secondary N) is 1. The Bertz CT molecular complexity index is 1400. The number of anilines is 2. The van der Waals surface area contributed by atoms with Crippen molar-refractivity contribution in [1.82, 2.24) is 24.5 Å². The van der Waals surface area contributed by atoms with E-state index in [1.807, 2.05) is 4.68 Å². The Kier molecular flexibility index (Phi) is 8.67. The fourth-order valence-corrected chi connectivity index (χ4v) is 5.71. The van der Waals surface area contributed by atoms with Crippen LogP contribution in [0.5, 0.6) is 0 Å². The van der Waals surface area contributed by atoms with Gasteiger partial charge in [0, 0.05) is 55.3 Å². The van der Waals surface area contributed by atoms with Crippen LogP contribution in [0.25, 0.3) is 11.1 Å². The minimum Gasteiger partial charge on any atom is -0.379 e. The van der Waals surface area contributed by atoms with Gasteiger partial charge in [-0.05, 0) is 42.9 Å². The lowest BCUT2D eigenvalue weighted by Gasteiger charge is -2.27. The van der Waals surface area contributed by atoms with Gasteiger partial charge in [0.2, 0.25) is 5.91 Å². The summed E-state index contributed by atoms with van der Waals surface area (Å²) in [5.74, 6) is 0.710. The molecule has 3 aromatic rings. The number of hydrogen-bond acceptors (Lipinski definition) is 6. The topological polar surface area (TPSA) is 86.4 Å². The number of carbonyl (C=O) groups excluding carboxylic acids is 1. The minimum absolute atomic E-state index is 0.0362. The largest absolute Gasteiger partial charge is 0.379 e. The van der Waals surface area contributed by atoms with Gasteiger partial charge in [-0.2, -0.15) is 10.2 Å². The maximum Gasteiger partial charge on any atom is 0.282 e. The van der Waals surface area contributed by atoms with E-state index >= 15 is 4.39 Å². The van der Waals surface area contributed by atoms with E-state index in [4.69, 9.17) is 14.6 Å². The van der Waals surface area contributed by atoms with Gasteiger partial charge in [-0.3, -0.25) is 9.48 Å². The van der Waals surface area contributed by atoms with Crippen molar-refractivity contribution >= 4 is 27.4 Å². The predicted octanol–water partition coefficient (Wildman–Crippen LogP) is 5.10. The van der Waals surface area contributed by atoms with Crippen LogP contribution in [0.2, 0.25) is 0 Å². The second kappa shape index (κ2) is 12.1. The van der Waals surface area contributed by atoms with E-state index in [0.717, 1.165) is 23.4 Å². The lowest BCUT2D eigenvalue weighted by Crippen LogP contribution is -2.35. The zero-order valence-corrected chi connectivity index (χ0v) is 24.6. The molecule has 0 aliphatic carbocycles. The average molecular weight is 595 g/mol. The summed E-state index contributed by atoms with van der Waals surface area (Å²) in [5, 5.41) is 11.9. The summed E-state index contributed by atoms with van der Waals surface area (Å²) in [7, 11) is -0.735. The Labute approximate surface area is 239 Å². The Morgan fingerprint density at radius 3 is 2.73 bits per heavy atom. The Morgan fingerprint density at radius 1 is 1.27 bits per heavy atom. The summed E-state index contributed by atoms with van der Waals surface area (Å²) in [6, 6.07) is 4.39. The molecule has 1 saturated heterocycles. The van der Waals surface area contributed by atoms with Crippen LogP contribution in [0.15, 0.2) is 24.4 Å². The highest BCUT2D eigenvalue weighted by molar-refractivity contribution is 8.32. The first-order chi connectivity index (χ1) is 19.5. The zero-order chi connectivity index (χ0) is 29.3. The number of rotatable bonds is 10. The number of hydrogen-bond donors (Lipinski definition) is 1. The maximum absolute atomic E-state index is 15.4. The molecule has 0 radical (unpaired) electrons. The number of aromatic nitrogens is 4. The van der Waals surface area contributed by atoms with Crippen LogP contribution >= 0.6 is 10.0 Å². The van der Waals surface area contributed by atoms with E-state index in [1.165, 1.54) is 29.9 Å². The first kappa shape index (κ1) is 29.5. The average Bonchev–Trinajstić information content (AvgIpc) is 3.66. The molecular formula is C28H37F3N6O3S. The second-order valence-electron chi connectivity index (χ2n) is 11.3. The van der Waals surface area contributed by atoms with Crippen LogP contribution in [0, 0.1) is 5.82 Å². The van der Waals surface area contributed by atoms with Gasteiger partial charge in [-0.25, -0.2) is 27.9 Å². The van der Waals surface area contributed by atoms with E-state index in [-0.39, 0.29) is 35.5 Å². The highest BCUT2D eigenvalue weighted by Gasteiger charge is 2.31. The van der Waals surface area contributed by atoms with Crippen LogP contribution in [0.1, 0.15) is 42.8 Å². The SMILES string of the molecule is CC(=O)N1CCc2c(c(Nc3ccc(-c4cn(COCCS(C)(C)C)nc4C(F)F)cc3F)nn2C2CCOC2)C1. The molecular weight excluding hydrogens is 557 g/mol. The highest BCUT2D eigenvalue weighted by Crippen LogP contribution is 2.36. The van der Waals surface area contributed by atoms with E-state index in [1.54, 1.807) is 11.0 Å². The lowest BCUT2D eigenvalue weighted by molar-refractivity contribution is -0.129. The Hall–Kier alpha value is -3.03. The molecule has 0 bridgehead atoms. The zero-order valence-electron chi connectivity index (χ0n) is 23.8. The highest BCUT2D eigenvalue weighted by atomic mass is 32.3. The molecule has 0 spiro atoms. The number of nitrogens with zero attached hydrogens (tertiary/aromatic N) is 5. The van der Waals surface area contributed by atoms with Gasteiger partial charge in [0.05, 0.1) is 31.5 Å². The van der Waals surface area contributed by atoms with Crippen LogP contribution in [-0.2, 0) is 34.0 Å². The van der Waals surface area contributed by atoms with E-state index in [9.17, 15) is 13.6 Å². The quantitative estimate of drug-likeness (QED) is 0.329. The number of carbonyl (C=O) groups is 1. The summed E-state index contributed by atoms with van der Waals surface area (Å²) in [5.41, 5.74) is 2.02. The number of amides is 1. The third-order valence-electron chi connectivity index (χ3n) is 7.38. The number of fused-ring (bicyclic) bond motifs is 1. The molecule has 9 nitrogen and oxygen atoms in total. The van der Waals surface area contributed by atoms with Crippen molar-refractivity contribution in [2.45, 2.75) is 45.5 Å². The molecule has 13 heteroatoms. The molecule has 0 saturated carbocycles. The fraction of sp³-hybridized carbons (Fsp3) is 0.536. The summed E-state index contributed by atoms with van der Waals surface area (Å²) in [6.07, 6.45) is 6.64. The molecule has 1 unspecified atom stereocenters. The predicted molar refractivity (Wildman–Crippen MR) is 154 cm³/mol. The van der Waals surface area contributed by atoms with Crippen molar-refractivity contribution in [1.29, 1.82) is 0 Å². The van der Waals surface area contributed by atoms with Crippen LogP contribution in [0.3, 0.4) is 0 Å². The Balaban J connectivity index is 1.38. The van der Waals surface area contributed by atoms with E-state index in [2.05, 4.69) is 29.2 Å². The van der Waals surface area contributed by atoms with Gasteiger partial charge >= 0.3 is 0 Å². The maximum atomic E-state index is 15.4. The van der Waals surface area contributed by atoms with Gasteiger partial charge in [-0.15, -0.1) is 0 Å². The molecule has 224 valence electrons. The molecule has 41 heavy (non-hydrogen) atoms. The normalized spacial score (nSPS) is 17.8. The minimum atomic E-state index is -2.83. The third-order valence-corrected chi connectivity index (χ3v) is 8.77. The first-order valence-electron chi connectivity index (χ1n) is 13.6. The summed E-state index contributed by atoms with van der Waals surface area (Å²) < 4.78 is 57.6. The second-order valence-corrected chi connectivity index (χ2v) is 15.9. The fourth-order valence-electron chi connectivity index (χ4n) is 5.10. The molecule has 1 fully saturated rings. The van der Waals surface area contributed by atoms with Crippen molar-refractivity contribution in [3.8, 4) is 11.1 Å². The van der Waals surface area contributed by atoms with Crippen molar-refractivity contribution in [3.63, 3.8) is 0 Å². The van der Waals surface area contributed by atoms with Crippen LogP contribution < -0.4 is 5.32 Å². The molecule has 1 N–H and O–H groups in total. The molecule has 1 aromatic carbocycles. The smallest absolute Gasteiger partial charge is 0.282 e. The van der Waals surface area contributed by atoms with Crippen molar-refractivity contribution in [2.24, 2.45) is 0 Å². The molecule has 2 aliphatic heterocycles. The summed E-state index contributed by atoms with van der Waals surface area (Å²) in [4.78, 5) is 13.8. The van der Waals surface area contributed by atoms with Crippen LogP contribution in [0.4, 0.5) is 24.7 Å². The molecule has 1 amide bonds. The molecule has 5 rings (SSSR count). The van der Waals surface area contributed by atoms with Gasteiger partial charge in [0.25, 0.3) is 6.43 Å². The van der Waals surface area contributed by atoms with Gasteiger partial charge < -0.3 is 19.7 Å². The molecule has 1 atom stereocenters. The van der Waals surface area contributed by atoms with Gasteiger partial charge in [-0.1, -0.05) is 6.07 Å². The summed E-state index contributed by atoms with van der Waals surface area (Å²) in [6.45, 7) is 4.23. The number of ether oxygens (including phenoxy) is 2. The van der Waals surface area contributed by atoms with Crippen molar-refractivity contribution in [2.75, 3.05) is 56.2 Å². The van der Waals surface area contributed by atoms with Gasteiger partial charge in [0.15, 0.2) is 5.82 Å². The monoisotopic (exact) mass is 594 g/mol. The van der Waals surface area contributed by atoms with Crippen LogP contribution in [-0.4, -0.2) is 81.3 Å². The lowest BCUT2D eigenvalue weighted by atomic mass is 10.0. The van der Waals surface area contributed by atoms with Crippen molar-refractivity contribution in [3.05, 3.63) is 47.2 Å². The number of halogens is 3. The number of benzene rings is 1.